The number of halogens is 1. The molecule has 0 spiro atoms. The van der Waals surface area contributed by atoms with E-state index in [1.54, 1.807) is 0 Å². The number of hydrogen-bond acceptors (Lipinski definition) is 3. The normalized spacial score (nSPS) is 19.9. The molecule has 2 atom stereocenters. The van der Waals surface area contributed by atoms with Gasteiger partial charge in [0.05, 0.1) is 6.54 Å². The smallest absolute Gasteiger partial charge is 0.239 e. The zero-order valence-electron chi connectivity index (χ0n) is 12.7. The third-order valence-corrected chi connectivity index (χ3v) is 3.54. The maximum Gasteiger partial charge on any atom is 0.239 e. The second kappa shape index (κ2) is 10.00. The average molecular weight is 306 g/mol. The topological polar surface area (TPSA) is 70.2 Å². The Morgan fingerprint density at radius 2 is 1.95 bits per heavy atom. The molecule has 20 heavy (non-hydrogen) atoms. The van der Waals surface area contributed by atoms with Crippen molar-refractivity contribution >= 4 is 24.2 Å². The SMILES string of the molecule is CC(C)NC(=O)CNC(=O)CC(C)C1CCCNC1.Cl. The lowest BCUT2D eigenvalue weighted by Crippen LogP contribution is -2.41. The summed E-state index contributed by atoms with van der Waals surface area (Å²) in [5, 5.41) is 8.80. The van der Waals surface area contributed by atoms with E-state index < -0.39 is 0 Å². The molecule has 0 aliphatic carbocycles. The van der Waals surface area contributed by atoms with Crippen LogP contribution in [0.25, 0.3) is 0 Å². The van der Waals surface area contributed by atoms with Gasteiger partial charge in [0.1, 0.15) is 0 Å². The van der Waals surface area contributed by atoms with Crippen molar-refractivity contribution in [2.24, 2.45) is 11.8 Å². The molecule has 0 aromatic carbocycles. The van der Waals surface area contributed by atoms with Crippen LogP contribution >= 0.6 is 12.4 Å². The van der Waals surface area contributed by atoms with Crippen LogP contribution in [0.2, 0.25) is 0 Å². The molecule has 0 bridgehead atoms. The Morgan fingerprint density at radius 1 is 1.25 bits per heavy atom. The molecule has 3 N–H and O–H groups in total. The molecule has 0 aromatic rings. The number of amides is 2. The summed E-state index contributed by atoms with van der Waals surface area (Å²) in [7, 11) is 0. The third-order valence-electron chi connectivity index (χ3n) is 3.54. The highest BCUT2D eigenvalue weighted by atomic mass is 35.5. The standard InChI is InChI=1S/C14H27N3O2.ClH/c1-10(2)17-14(19)9-16-13(18)7-11(3)12-5-4-6-15-8-12;/h10-12,15H,4-9H2,1-3H3,(H,16,18)(H,17,19);1H. The molecular formula is C14H28ClN3O2. The average Bonchev–Trinajstić information content (AvgIpc) is 2.36. The minimum absolute atomic E-state index is 0. The molecule has 1 aliphatic heterocycles. The molecule has 1 heterocycles. The number of nitrogens with one attached hydrogen (secondary N) is 3. The van der Waals surface area contributed by atoms with Crippen molar-refractivity contribution in [2.45, 2.75) is 46.1 Å². The molecule has 0 radical (unpaired) electrons. The summed E-state index contributed by atoms with van der Waals surface area (Å²) in [6.07, 6.45) is 2.88. The maximum atomic E-state index is 11.8. The van der Waals surface area contributed by atoms with Gasteiger partial charge in [-0.1, -0.05) is 6.92 Å². The molecule has 0 aromatic heterocycles. The number of carbonyl (C=O) groups is 2. The van der Waals surface area contributed by atoms with Crippen molar-refractivity contribution in [3.63, 3.8) is 0 Å². The van der Waals surface area contributed by atoms with Crippen LogP contribution in [0.3, 0.4) is 0 Å². The van der Waals surface area contributed by atoms with E-state index in [1.165, 1.54) is 12.8 Å². The third kappa shape index (κ3) is 7.70. The minimum Gasteiger partial charge on any atom is -0.352 e. The largest absolute Gasteiger partial charge is 0.352 e. The lowest BCUT2D eigenvalue weighted by atomic mass is 9.85. The fourth-order valence-electron chi connectivity index (χ4n) is 2.45. The first-order valence-corrected chi connectivity index (χ1v) is 7.25. The van der Waals surface area contributed by atoms with Crippen molar-refractivity contribution < 1.29 is 9.59 Å². The van der Waals surface area contributed by atoms with Gasteiger partial charge in [-0.2, -0.15) is 0 Å². The number of rotatable bonds is 6. The Hall–Kier alpha value is -0.810. The molecule has 6 heteroatoms. The second-order valence-electron chi connectivity index (χ2n) is 5.79. The summed E-state index contributed by atoms with van der Waals surface area (Å²) in [6.45, 7) is 8.08. The van der Waals surface area contributed by atoms with Gasteiger partial charge >= 0.3 is 0 Å². The van der Waals surface area contributed by atoms with Crippen molar-refractivity contribution in [1.82, 2.24) is 16.0 Å². The summed E-state index contributed by atoms with van der Waals surface area (Å²) in [5.41, 5.74) is 0. The van der Waals surface area contributed by atoms with Crippen LogP contribution in [-0.4, -0.2) is 37.5 Å². The van der Waals surface area contributed by atoms with E-state index >= 15 is 0 Å². The minimum atomic E-state index is -0.129. The Kier molecular flexibility index (Phi) is 9.59. The number of hydrogen-bond donors (Lipinski definition) is 3. The van der Waals surface area contributed by atoms with Gasteiger partial charge in [0.15, 0.2) is 0 Å². The highest BCUT2D eigenvalue weighted by molar-refractivity contribution is 5.85. The summed E-state index contributed by atoms with van der Waals surface area (Å²) < 4.78 is 0. The number of piperidine rings is 1. The summed E-state index contributed by atoms with van der Waals surface area (Å²) in [4.78, 5) is 23.2. The van der Waals surface area contributed by atoms with E-state index in [0.717, 1.165) is 13.1 Å². The van der Waals surface area contributed by atoms with Crippen LogP contribution in [-0.2, 0) is 9.59 Å². The van der Waals surface area contributed by atoms with Crippen molar-refractivity contribution in [2.75, 3.05) is 19.6 Å². The Balaban J connectivity index is 0.00000361. The molecule has 0 saturated carbocycles. The maximum absolute atomic E-state index is 11.8. The van der Waals surface area contributed by atoms with Gasteiger partial charge in [-0.25, -0.2) is 0 Å². The molecule has 2 unspecified atom stereocenters. The molecule has 2 amide bonds. The molecule has 1 aliphatic rings. The zero-order valence-corrected chi connectivity index (χ0v) is 13.5. The van der Waals surface area contributed by atoms with Crippen LogP contribution in [0.5, 0.6) is 0 Å². The van der Waals surface area contributed by atoms with Crippen molar-refractivity contribution in [3.8, 4) is 0 Å². The predicted molar refractivity (Wildman–Crippen MR) is 82.9 cm³/mol. The van der Waals surface area contributed by atoms with Crippen molar-refractivity contribution in [3.05, 3.63) is 0 Å². The van der Waals surface area contributed by atoms with Crippen LogP contribution < -0.4 is 16.0 Å². The van der Waals surface area contributed by atoms with E-state index in [9.17, 15) is 9.59 Å². The quantitative estimate of drug-likeness (QED) is 0.687. The lowest BCUT2D eigenvalue weighted by Gasteiger charge is -2.28. The summed E-state index contributed by atoms with van der Waals surface area (Å²) in [6, 6.07) is 0.108. The van der Waals surface area contributed by atoms with E-state index in [1.807, 2.05) is 13.8 Å². The van der Waals surface area contributed by atoms with Gasteiger partial charge in [-0.15, -0.1) is 12.4 Å². The molecule has 118 valence electrons. The number of carbonyl (C=O) groups excluding carboxylic acids is 2. The first kappa shape index (κ1) is 19.2. The zero-order chi connectivity index (χ0) is 14.3. The van der Waals surface area contributed by atoms with Crippen molar-refractivity contribution in [1.29, 1.82) is 0 Å². The van der Waals surface area contributed by atoms with E-state index in [2.05, 4.69) is 22.9 Å². The fourth-order valence-corrected chi connectivity index (χ4v) is 2.45. The van der Waals surface area contributed by atoms with Gasteiger partial charge in [0.25, 0.3) is 0 Å². The van der Waals surface area contributed by atoms with Gasteiger partial charge in [-0.05, 0) is 51.6 Å². The molecular weight excluding hydrogens is 278 g/mol. The first-order valence-electron chi connectivity index (χ1n) is 7.25. The fraction of sp³-hybridized carbons (Fsp3) is 0.857. The molecule has 5 nitrogen and oxygen atoms in total. The van der Waals surface area contributed by atoms with Crippen LogP contribution in [0.4, 0.5) is 0 Å². The van der Waals surface area contributed by atoms with Crippen LogP contribution in [0.15, 0.2) is 0 Å². The monoisotopic (exact) mass is 305 g/mol. The van der Waals surface area contributed by atoms with Gasteiger partial charge in [-0.3, -0.25) is 9.59 Å². The Bertz CT molecular complexity index is 305. The van der Waals surface area contributed by atoms with Gasteiger partial charge < -0.3 is 16.0 Å². The van der Waals surface area contributed by atoms with Crippen LogP contribution in [0, 0.1) is 11.8 Å². The predicted octanol–water partition coefficient (Wildman–Crippen LogP) is 1.07. The summed E-state index contributed by atoms with van der Waals surface area (Å²) in [5.74, 6) is 0.775. The Labute approximate surface area is 128 Å². The highest BCUT2D eigenvalue weighted by Gasteiger charge is 2.22. The van der Waals surface area contributed by atoms with Gasteiger partial charge in [0.2, 0.25) is 11.8 Å². The van der Waals surface area contributed by atoms with Crippen LogP contribution in [0.1, 0.15) is 40.0 Å². The van der Waals surface area contributed by atoms with Gasteiger partial charge in [0, 0.05) is 12.5 Å². The van der Waals surface area contributed by atoms with E-state index in [0.29, 0.717) is 18.3 Å². The Morgan fingerprint density at radius 3 is 2.50 bits per heavy atom. The first-order chi connectivity index (χ1) is 8.99. The van der Waals surface area contributed by atoms with E-state index in [4.69, 9.17) is 0 Å². The molecule has 1 fully saturated rings. The highest BCUT2D eigenvalue weighted by Crippen LogP contribution is 2.22. The summed E-state index contributed by atoms with van der Waals surface area (Å²) >= 11 is 0. The second-order valence-corrected chi connectivity index (χ2v) is 5.79. The molecule has 1 saturated heterocycles. The molecule has 1 rings (SSSR count). The van der Waals surface area contributed by atoms with E-state index in [-0.39, 0.29) is 36.8 Å². The lowest BCUT2D eigenvalue weighted by molar-refractivity contribution is -0.127.